The van der Waals surface area contributed by atoms with Crippen LogP contribution in [0.25, 0.3) is 11.0 Å². The molecule has 1 saturated carbocycles. The van der Waals surface area contributed by atoms with Crippen LogP contribution in [-0.2, 0) is 9.59 Å². The lowest BCUT2D eigenvalue weighted by atomic mass is 9.95. The van der Waals surface area contributed by atoms with Gasteiger partial charge in [-0.1, -0.05) is 12.1 Å². The number of rotatable bonds is 3. The number of aromatic nitrogens is 2. The SMILES string of the molecule is O=C([C@@H]1CC(=O)N(C2CC2)C1)N1CCC[C@H](c2nc3ccccc3[nH]2)C1. The molecule has 5 rings (SSSR count). The molecular formula is C20H24N4O2. The lowest BCUT2D eigenvalue weighted by molar-refractivity contribution is -0.137. The third-order valence-electron chi connectivity index (χ3n) is 6.02. The summed E-state index contributed by atoms with van der Waals surface area (Å²) >= 11 is 0. The van der Waals surface area contributed by atoms with E-state index < -0.39 is 0 Å². The van der Waals surface area contributed by atoms with Gasteiger partial charge in [0.05, 0.1) is 17.0 Å². The van der Waals surface area contributed by atoms with Gasteiger partial charge in [0.15, 0.2) is 0 Å². The molecule has 1 N–H and O–H groups in total. The Morgan fingerprint density at radius 3 is 2.81 bits per heavy atom. The number of nitrogens with one attached hydrogen (secondary N) is 1. The third kappa shape index (κ3) is 2.77. The minimum Gasteiger partial charge on any atom is -0.342 e. The highest BCUT2D eigenvalue weighted by molar-refractivity contribution is 5.89. The molecule has 1 aliphatic carbocycles. The van der Waals surface area contributed by atoms with Crippen LogP contribution >= 0.6 is 0 Å². The molecule has 2 aliphatic heterocycles. The molecule has 6 heteroatoms. The molecule has 0 unspecified atom stereocenters. The summed E-state index contributed by atoms with van der Waals surface area (Å²) in [5, 5.41) is 0. The van der Waals surface area contributed by atoms with Gasteiger partial charge < -0.3 is 14.8 Å². The summed E-state index contributed by atoms with van der Waals surface area (Å²) < 4.78 is 0. The first-order chi connectivity index (χ1) is 12.7. The van der Waals surface area contributed by atoms with Gasteiger partial charge in [0.1, 0.15) is 5.82 Å². The number of benzene rings is 1. The van der Waals surface area contributed by atoms with E-state index >= 15 is 0 Å². The van der Waals surface area contributed by atoms with Crippen LogP contribution in [0, 0.1) is 5.92 Å². The van der Waals surface area contributed by atoms with Gasteiger partial charge in [0, 0.05) is 38.0 Å². The Morgan fingerprint density at radius 1 is 1.15 bits per heavy atom. The molecule has 3 fully saturated rings. The number of imidazole rings is 1. The van der Waals surface area contributed by atoms with Gasteiger partial charge in [-0.15, -0.1) is 0 Å². The number of hydrogen-bond acceptors (Lipinski definition) is 3. The number of aromatic amines is 1. The molecule has 26 heavy (non-hydrogen) atoms. The fourth-order valence-corrected chi connectivity index (χ4v) is 4.46. The highest BCUT2D eigenvalue weighted by atomic mass is 16.2. The molecule has 2 amide bonds. The highest BCUT2D eigenvalue weighted by Crippen LogP contribution is 2.34. The minimum absolute atomic E-state index is 0.155. The van der Waals surface area contributed by atoms with Crippen molar-refractivity contribution >= 4 is 22.8 Å². The van der Waals surface area contributed by atoms with Crippen LogP contribution in [-0.4, -0.2) is 57.3 Å². The quantitative estimate of drug-likeness (QED) is 0.921. The van der Waals surface area contributed by atoms with Gasteiger partial charge in [-0.25, -0.2) is 4.98 Å². The number of carbonyl (C=O) groups excluding carboxylic acids is 2. The number of likely N-dealkylation sites (tertiary alicyclic amines) is 2. The van der Waals surface area contributed by atoms with Crippen LogP contribution in [0.1, 0.15) is 43.8 Å². The number of carbonyl (C=O) groups is 2. The van der Waals surface area contributed by atoms with Crippen LogP contribution in [0.3, 0.4) is 0 Å². The molecule has 136 valence electrons. The molecule has 0 radical (unpaired) electrons. The first-order valence-corrected chi connectivity index (χ1v) is 9.72. The van der Waals surface area contributed by atoms with E-state index in [-0.39, 0.29) is 23.7 Å². The maximum absolute atomic E-state index is 13.0. The second-order valence-corrected chi connectivity index (χ2v) is 7.94. The van der Waals surface area contributed by atoms with Gasteiger partial charge in [0.25, 0.3) is 0 Å². The smallest absolute Gasteiger partial charge is 0.228 e. The van der Waals surface area contributed by atoms with Crippen molar-refractivity contribution in [2.45, 2.75) is 44.1 Å². The number of para-hydroxylation sites is 2. The minimum atomic E-state index is -0.155. The van der Waals surface area contributed by atoms with E-state index in [0.29, 0.717) is 25.6 Å². The second kappa shape index (κ2) is 6.11. The Labute approximate surface area is 152 Å². The molecule has 2 saturated heterocycles. The summed E-state index contributed by atoms with van der Waals surface area (Å²) in [5.41, 5.74) is 2.03. The molecule has 1 aromatic carbocycles. The van der Waals surface area contributed by atoms with Crippen molar-refractivity contribution in [2.24, 2.45) is 5.92 Å². The first-order valence-electron chi connectivity index (χ1n) is 9.72. The van der Waals surface area contributed by atoms with Crippen LogP contribution in [0.5, 0.6) is 0 Å². The molecular weight excluding hydrogens is 328 g/mol. The average molecular weight is 352 g/mol. The summed E-state index contributed by atoms with van der Waals surface area (Å²) in [6.07, 6.45) is 4.62. The monoisotopic (exact) mass is 352 g/mol. The first kappa shape index (κ1) is 15.9. The maximum atomic E-state index is 13.0. The summed E-state index contributed by atoms with van der Waals surface area (Å²) in [5.74, 6) is 1.39. The van der Waals surface area contributed by atoms with Crippen molar-refractivity contribution in [3.8, 4) is 0 Å². The van der Waals surface area contributed by atoms with Crippen molar-refractivity contribution in [2.75, 3.05) is 19.6 Å². The number of nitrogens with zero attached hydrogens (tertiary/aromatic N) is 3. The Hall–Kier alpha value is -2.37. The van der Waals surface area contributed by atoms with Gasteiger partial charge in [-0.3, -0.25) is 9.59 Å². The molecule has 6 nitrogen and oxygen atoms in total. The van der Waals surface area contributed by atoms with Crippen LogP contribution in [0.4, 0.5) is 0 Å². The number of hydrogen-bond donors (Lipinski definition) is 1. The molecule has 0 bridgehead atoms. The molecule has 2 aromatic rings. The van der Waals surface area contributed by atoms with E-state index in [1.54, 1.807) is 0 Å². The Balaban J connectivity index is 1.29. The van der Waals surface area contributed by atoms with Crippen LogP contribution in [0.15, 0.2) is 24.3 Å². The van der Waals surface area contributed by atoms with Crippen molar-refractivity contribution in [1.29, 1.82) is 0 Å². The summed E-state index contributed by atoms with van der Waals surface area (Å²) in [7, 11) is 0. The maximum Gasteiger partial charge on any atom is 0.228 e. The largest absolute Gasteiger partial charge is 0.342 e. The molecule has 0 spiro atoms. The third-order valence-corrected chi connectivity index (χ3v) is 6.02. The van der Waals surface area contributed by atoms with Crippen molar-refractivity contribution in [3.63, 3.8) is 0 Å². The molecule has 1 aromatic heterocycles. The fourth-order valence-electron chi connectivity index (χ4n) is 4.46. The van der Waals surface area contributed by atoms with E-state index in [9.17, 15) is 9.59 Å². The molecule has 3 aliphatic rings. The van der Waals surface area contributed by atoms with E-state index in [2.05, 4.69) is 4.98 Å². The lowest BCUT2D eigenvalue weighted by Crippen LogP contribution is -2.43. The van der Waals surface area contributed by atoms with E-state index in [4.69, 9.17) is 4.98 Å². The van der Waals surface area contributed by atoms with Gasteiger partial charge in [0.2, 0.25) is 11.8 Å². The summed E-state index contributed by atoms with van der Waals surface area (Å²) in [6.45, 7) is 2.12. The number of fused-ring (bicyclic) bond motifs is 1. The van der Waals surface area contributed by atoms with Crippen molar-refractivity contribution < 1.29 is 9.59 Å². The standard InChI is InChI=1S/C20H24N4O2/c25-18-10-14(12-24(18)15-7-8-15)20(26)23-9-3-4-13(11-23)19-21-16-5-1-2-6-17(16)22-19/h1-2,5-6,13-15H,3-4,7-12H2,(H,21,22)/t13-,14+/m0/s1. The van der Waals surface area contributed by atoms with E-state index in [1.165, 1.54) is 0 Å². The number of H-pyrrole nitrogens is 1. The Bertz CT molecular complexity index is 823. The van der Waals surface area contributed by atoms with Crippen molar-refractivity contribution in [1.82, 2.24) is 19.8 Å². The predicted octanol–water partition coefficient (Wildman–Crippen LogP) is 2.28. The van der Waals surface area contributed by atoms with Crippen molar-refractivity contribution in [3.05, 3.63) is 30.1 Å². The number of amides is 2. The zero-order valence-electron chi connectivity index (χ0n) is 14.9. The fraction of sp³-hybridized carbons (Fsp3) is 0.550. The second-order valence-electron chi connectivity index (χ2n) is 7.94. The van der Waals surface area contributed by atoms with E-state index in [0.717, 1.165) is 49.1 Å². The molecule has 3 heterocycles. The normalized spacial score (nSPS) is 26.7. The Morgan fingerprint density at radius 2 is 2.00 bits per heavy atom. The highest BCUT2D eigenvalue weighted by Gasteiger charge is 2.43. The summed E-state index contributed by atoms with van der Waals surface area (Å²) in [6, 6.07) is 8.45. The van der Waals surface area contributed by atoms with Gasteiger partial charge in [-0.2, -0.15) is 0 Å². The topological polar surface area (TPSA) is 69.3 Å². The van der Waals surface area contributed by atoms with Gasteiger partial charge >= 0.3 is 0 Å². The Kier molecular flexibility index (Phi) is 3.72. The zero-order chi connectivity index (χ0) is 17.7. The van der Waals surface area contributed by atoms with Crippen LogP contribution < -0.4 is 0 Å². The van der Waals surface area contributed by atoms with Crippen LogP contribution in [0.2, 0.25) is 0 Å². The summed E-state index contributed by atoms with van der Waals surface area (Å²) in [4.78, 5) is 37.2. The predicted molar refractivity (Wildman–Crippen MR) is 97.5 cm³/mol. The van der Waals surface area contributed by atoms with Gasteiger partial charge in [-0.05, 0) is 37.8 Å². The zero-order valence-corrected chi connectivity index (χ0v) is 14.9. The average Bonchev–Trinajstić information content (AvgIpc) is 3.29. The van der Waals surface area contributed by atoms with E-state index in [1.807, 2.05) is 34.1 Å². The number of piperidine rings is 1. The lowest BCUT2D eigenvalue weighted by Gasteiger charge is -2.33. The molecule has 2 atom stereocenters.